The predicted molar refractivity (Wildman–Crippen MR) is 73.2 cm³/mol. The van der Waals surface area contributed by atoms with E-state index in [-0.39, 0.29) is 11.9 Å². The van der Waals surface area contributed by atoms with E-state index in [1.54, 1.807) is 31.1 Å². The first-order chi connectivity index (χ1) is 9.54. The zero-order chi connectivity index (χ0) is 14.7. The lowest BCUT2D eigenvalue weighted by molar-refractivity contribution is 0.0704. The molecule has 0 saturated heterocycles. The third kappa shape index (κ3) is 2.68. The minimum Gasteiger partial charge on any atom is -0.435 e. The van der Waals surface area contributed by atoms with Crippen molar-refractivity contribution in [3.63, 3.8) is 0 Å². The van der Waals surface area contributed by atoms with Gasteiger partial charge in [0.2, 0.25) is 5.76 Å². The number of rotatable bonds is 4. The van der Waals surface area contributed by atoms with Gasteiger partial charge < -0.3 is 9.32 Å². The molecule has 6 heteroatoms. The molecule has 2 aromatic heterocycles. The van der Waals surface area contributed by atoms with Gasteiger partial charge in [-0.25, -0.2) is 15.0 Å². The average Bonchev–Trinajstić information content (AvgIpc) is 2.87. The van der Waals surface area contributed by atoms with Crippen molar-refractivity contribution in [2.45, 2.75) is 33.2 Å². The van der Waals surface area contributed by atoms with Gasteiger partial charge in [0, 0.05) is 19.7 Å². The quantitative estimate of drug-likeness (QED) is 0.854. The highest BCUT2D eigenvalue weighted by Gasteiger charge is 2.25. The number of hydrogen-bond donors (Lipinski definition) is 0. The van der Waals surface area contributed by atoms with Crippen molar-refractivity contribution in [3.8, 4) is 0 Å². The fourth-order valence-electron chi connectivity index (χ4n) is 1.88. The monoisotopic (exact) mass is 274 g/mol. The number of aryl methyl sites for hydroxylation is 2. The Balaban J connectivity index is 2.22. The van der Waals surface area contributed by atoms with E-state index < -0.39 is 0 Å². The van der Waals surface area contributed by atoms with Crippen LogP contribution in [0.15, 0.2) is 23.0 Å². The normalized spacial score (nSPS) is 12.2. The molecule has 0 aliphatic rings. The molecule has 0 N–H and O–H groups in total. The van der Waals surface area contributed by atoms with Crippen molar-refractivity contribution in [3.05, 3.63) is 41.6 Å². The van der Waals surface area contributed by atoms with E-state index in [4.69, 9.17) is 4.42 Å². The number of amides is 1. The highest BCUT2D eigenvalue weighted by atomic mass is 16.4. The summed E-state index contributed by atoms with van der Waals surface area (Å²) in [6.45, 7) is 5.62. The summed E-state index contributed by atoms with van der Waals surface area (Å²) in [5.41, 5.74) is 1.40. The van der Waals surface area contributed by atoms with Crippen LogP contribution in [-0.4, -0.2) is 32.8 Å². The molecule has 6 nitrogen and oxygen atoms in total. The van der Waals surface area contributed by atoms with Gasteiger partial charge in [0.1, 0.15) is 6.33 Å². The maximum absolute atomic E-state index is 12.5. The SMILES string of the molecule is CCc1nc(C)c(C(=O)N(C)C(C)c2ccncn2)o1. The topological polar surface area (TPSA) is 72.1 Å². The number of aromatic nitrogens is 3. The van der Waals surface area contributed by atoms with Gasteiger partial charge >= 0.3 is 0 Å². The molecule has 0 bridgehead atoms. The molecule has 0 fully saturated rings. The molecular formula is C14H18N4O2. The third-order valence-electron chi connectivity index (χ3n) is 3.27. The maximum Gasteiger partial charge on any atom is 0.291 e. The molecule has 0 saturated carbocycles. The van der Waals surface area contributed by atoms with Crippen LogP contribution < -0.4 is 0 Å². The molecule has 1 unspecified atom stereocenters. The fraction of sp³-hybridized carbons (Fsp3) is 0.429. The number of carbonyl (C=O) groups excluding carboxylic acids is 1. The lowest BCUT2D eigenvalue weighted by Crippen LogP contribution is -2.30. The summed E-state index contributed by atoms with van der Waals surface area (Å²) in [5.74, 6) is 0.681. The first-order valence-corrected chi connectivity index (χ1v) is 6.54. The molecule has 106 valence electrons. The summed E-state index contributed by atoms with van der Waals surface area (Å²) in [7, 11) is 1.72. The molecule has 1 amide bonds. The van der Waals surface area contributed by atoms with Gasteiger partial charge in [-0.05, 0) is 19.9 Å². The van der Waals surface area contributed by atoms with Crippen molar-refractivity contribution in [1.29, 1.82) is 0 Å². The molecule has 0 aromatic carbocycles. The van der Waals surface area contributed by atoms with Crippen molar-refractivity contribution in [1.82, 2.24) is 19.9 Å². The zero-order valence-corrected chi connectivity index (χ0v) is 12.1. The van der Waals surface area contributed by atoms with Crippen LogP contribution in [-0.2, 0) is 6.42 Å². The predicted octanol–water partition coefficient (Wildman–Crippen LogP) is 2.17. The molecule has 2 rings (SSSR count). The largest absolute Gasteiger partial charge is 0.435 e. The highest BCUT2D eigenvalue weighted by molar-refractivity contribution is 5.92. The van der Waals surface area contributed by atoms with Crippen LogP contribution in [0.5, 0.6) is 0 Å². The van der Waals surface area contributed by atoms with E-state index in [2.05, 4.69) is 15.0 Å². The van der Waals surface area contributed by atoms with Crippen LogP contribution in [0.1, 0.15) is 47.7 Å². The van der Waals surface area contributed by atoms with Crippen molar-refractivity contribution >= 4 is 5.91 Å². The number of carbonyl (C=O) groups is 1. The second kappa shape index (κ2) is 5.81. The summed E-state index contributed by atoms with van der Waals surface area (Å²) >= 11 is 0. The Morgan fingerprint density at radius 3 is 2.80 bits per heavy atom. The van der Waals surface area contributed by atoms with Gasteiger partial charge in [-0.3, -0.25) is 4.79 Å². The van der Waals surface area contributed by atoms with Crippen LogP contribution in [0.4, 0.5) is 0 Å². The number of oxazole rings is 1. The second-order valence-corrected chi connectivity index (χ2v) is 4.60. The molecule has 2 aromatic rings. The van der Waals surface area contributed by atoms with E-state index in [1.165, 1.54) is 6.33 Å². The summed E-state index contributed by atoms with van der Waals surface area (Å²) in [5, 5.41) is 0. The fourth-order valence-corrected chi connectivity index (χ4v) is 1.88. The molecule has 1 atom stereocenters. The van der Waals surface area contributed by atoms with Crippen molar-refractivity contribution < 1.29 is 9.21 Å². The first-order valence-electron chi connectivity index (χ1n) is 6.54. The summed E-state index contributed by atoms with van der Waals surface area (Å²) in [6, 6.07) is 1.62. The van der Waals surface area contributed by atoms with E-state index >= 15 is 0 Å². The minimum atomic E-state index is -0.194. The molecule has 0 radical (unpaired) electrons. The Hall–Kier alpha value is -2.24. The van der Waals surface area contributed by atoms with Gasteiger partial charge in [0.15, 0.2) is 5.89 Å². The van der Waals surface area contributed by atoms with Gasteiger partial charge in [-0.15, -0.1) is 0 Å². The van der Waals surface area contributed by atoms with Crippen LogP contribution in [0.2, 0.25) is 0 Å². The van der Waals surface area contributed by atoms with Gasteiger partial charge in [0.05, 0.1) is 17.4 Å². The number of nitrogens with zero attached hydrogens (tertiary/aromatic N) is 4. The van der Waals surface area contributed by atoms with Crippen molar-refractivity contribution in [2.24, 2.45) is 0 Å². The molecule has 0 spiro atoms. The van der Waals surface area contributed by atoms with Gasteiger partial charge in [-0.2, -0.15) is 0 Å². The molecular weight excluding hydrogens is 256 g/mol. The molecule has 20 heavy (non-hydrogen) atoms. The summed E-state index contributed by atoms with van der Waals surface area (Å²) in [6.07, 6.45) is 3.80. The molecule has 0 aliphatic carbocycles. The van der Waals surface area contributed by atoms with E-state index in [9.17, 15) is 4.79 Å². The van der Waals surface area contributed by atoms with E-state index in [1.807, 2.05) is 13.8 Å². The summed E-state index contributed by atoms with van der Waals surface area (Å²) in [4.78, 5) is 26.3. The van der Waals surface area contributed by atoms with Gasteiger partial charge in [0.25, 0.3) is 5.91 Å². The smallest absolute Gasteiger partial charge is 0.291 e. The third-order valence-corrected chi connectivity index (χ3v) is 3.27. The van der Waals surface area contributed by atoms with E-state index in [0.717, 1.165) is 5.69 Å². The Labute approximate surface area is 117 Å². The Kier molecular flexibility index (Phi) is 4.12. The van der Waals surface area contributed by atoms with Crippen LogP contribution in [0.3, 0.4) is 0 Å². The average molecular weight is 274 g/mol. The second-order valence-electron chi connectivity index (χ2n) is 4.60. The zero-order valence-electron chi connectivity index (χ0n) is 12.1. The summed E-state index contributed by atoms with van der Waals surface area (Å²) < 4.78 is 5.50. The van der Waals surface area contributed by atoms with Crippen LogP contribution >= 0.6 is 0 Å². The lowest BCUT2D eigenvalue weighted by atomic mass is 10.2. The van der Waals surface area contributed by atoms with Crippen LogP contribution in [0.25, 0.3) is 0 Å². The Morgan fingerprint density at radius 2 is 2.25 bits per heavy atom. The van der Waals surface area contributed by atoms with Gasteiger partial charge in [-0.1, -0.05) is 6.92 Å². The van der Waals surface area contributed by atoms with E-state index in [0.29, 0.717) is 23.8 Å². The van der Waals surface area contributed by atoms with Crippen molar-refractivity contribution in [2.75, 3.05) is 7.05 Å². The standard InChI is InChI=1S/C14H18N4O2/c1-5-12-17-9(2)13(20-12)14(19)18(4)10(3)11-6-7-15-8-16-11/h6-8,10H,5H2,1-4H3. The highest BCUT2D eigenvalue weighted by Crippen LogP contribution is 2.20. The lowest BCUT2D eigenvalue weighted by Gasteiger charge is -2.23. The molecule has 2 heterocycles. The first kappa shape index (κ1) is 14.2. The minimum absolute atomic E-state index is 0.167. The Bertz CT molecular complexity index is 594. The number of hydrogen-bond acceptors (Lipinski definition) is 5. The van der Waals surface area contributed by atoms with Crippen LogP contribution in [0, 0.1) is 6.92 Å². The maximum atomic E-state index is 12.5. The Morgan fingerprint density at radius 1 is 1.50 bits per heavy atom. The molecule has 0 aliphatic heterocycles.